The van der Waals surface area contributed by atoms with Gasteiger partial charge < -0.3 is 9.47 Å². The van der Waals surface area contributed by atoms with Gasteiger partial charge in [0.1, 0.15) is 5.76 Å². The molecule has 0 aromatic heterocycles. The minimum Gasteiger partial charge on any atom is -0.504 e. The van der Waals surface area contributed by atoms with E-state index in [-0.39, 0.29) is 11.6 Å². The van der Waals surface area contributed by atoms with E-state index in [1.54, 1.807) is 31.6 Å². The lowest BCUT2D eigenvalue weighted by molar-refractivity contribution is 0.341. The van der Waals surface area contributed by atoms with Crippen molar-refractivity contribution in [2.75, 3.05) is 7.11 Å². The summed E-state index contributed by atoms with van der Waals surface area (Å²) >= 11 is 0. The monoisotopic (exact) mass is 246 g/mol. The molecule has 0 saturated carbocycles. The van der Waals surface area contributed by atoms with Crippen LogP contribution < -0.4 is 4.74 Å². The highest BCUT2D eigenvalue weighted by Gasteiger charge is 2.08. The van der Waals surface area contributed by atoms with Crippen molar-refractivity contribution in [2.45, 2.75) is 12.8 Å². The molecular formula is C15H15FO2. The van der Waals surface area contributed by atoms with Gasteiger partial charge in [0.05, 0.1) is 13.4 Å². The molecule has 1 aromatic rings. The third kappa shape index (κ3) is 3.23. The molecule has 0 amide bonds. The van der Waals surface area contributed by atoms with Crippen LogP contribution in [0.5, 0.6) is 5.75 Å². The molecule has 0 heterocycles. The molecule has 1 aliphatic carbocycles. The van der Waals surface area contributed by atoms with Crippen LogP contribution in [0.15, 0.2) is 48.4 Å². The Morgan fingerprint density at radius 2 is 2.22 bits per heavy atom. The van der Waals surface area contributed by atoms with E-state index in [9.17, 15) is 4.39 Å². The third-order valence-electron chi connectivity index (χ3n) is 2.57. The van der Waals surface area contributed by atoms with Crippen molar-refractivity contribution in [3.8, 4) is 5.75 Å². The van der Waals surface area contributed by atoms with Gasteiger partial charge in [0.25, 0.3) is 0 Å². The SMILES string of the molecule is CO/C=C/c1ccc(F)c(OC2=CC=CCC2)c1. The van der Waals surface area contributed by atoms with E-state index in [4.69, 9.17) is 9.47 Å². The predicted octanol–water partition coefficient (Wildman–Crippen LogP) is 4.06. The largest absolute Gasteiger partial charge is 0.504 e. The van der Waals surface area contributed by atoms with Crippen LogP contribution in [-0.4, -0.2) is 7.11 Å². The minimum absolute atomic E-state index is 0.245. The molecule has 94 valence electrons. The van der Waals surface area contributed by atoms with Crippen LogP contribution in [0.4, 0.5) is 4.39 Å². The summed E-state index contributed by atoms with van der Waals surface area (Å²) in [6, 6.07) is 4.72. The number of methoxy groups -OCH3 is 1. The quantitative estimate of drug-likeness (QED) is 0.746. The second-order valence-corrected chi connectivity index (χ2v) is 3.93. The third-order valence-corrected chi connectivity index (χ3v) is 2.57. The average Bonchev–Trinajstić information content (AvgIpc) is 2.41. The van der Waals surface area contributed by atoms with Crippen molar-refractivity contribution < 1.29 is 13.9 Å². The first kappa shape index (κ1) is 12.4. The van der Waals surface area contributed by atoms with E-state index in [1.165, 1.54) is 6.07 Å². The summed E-state index contributed by atoms with van der Waals surface area (Å²) in [5.74, 6) is 0.666. The molecule has 0 unspecified atom stereocenters. The van der Waals surface area contributed by atoms with E-state index in [0.29, 0.717) is 0 Å². The lowest BCUT2D eigenvalue weighted by Crippen LogP contribution is -1.99. The van der Waals surface area contributed by atoms with Crippen molar-refractivity contribution in [3.05, 3.63) is 59.8 Å². The molecule has 3 heteroatoms. The van der Waals surface area contributed by atoms with E-state index >= 15 is 0 Å². The van der Waals surface area contributed by atoms with Gasteiger partial charge in [-0.1, -0.05) is 18.2 Å². The Labute approximate surface area is 106 Å². The number of benzene rings is 1. The topological polar surface area (TPSA) is 18.5 Å². The van der Waals surface area contributed by atoms with Crippen LogP contribution in [0.2, 0.25) is 0 Å². The molecule has 0 atom stereocenters. The number of hydrogen-bond donors (Lipinski definition) is 0. The van der Waals surface area contributed by atoms with E-state index in [2.05, 4.69) is 6.08 Å². The Morgan fingerprint density at radius 3 is 2.94 bits per heavy atom. The van der Waals surface area contributed by atoms with Gasteiger partial charge in [0.15, 0.2) is 11.6 Å². The Hall–Kier alpha value is -2.03. The maximum atomic E-state index is 13.6. The lowest BCUT2D eigenvalue weighted by Gasteiger charge is -2.12. The van der Waals surface area contributed by atoms with E-state index in [1.807, 2.05) is 12.2 Å². The fourth-order valence-electron chi connectivity index (χ4n) is 1.66. The van der Waals surface area contributed by atoms with Crippen molar-refractivity contribution in [1.29, 1.82) is 0 Å². The fraction of sp³-hybridized carbons (Fsp3) is 0.200. The molecule has 1 aliphatic rings. The molecule has 0 saturated heterocycles. The summed E-state index contributed by atoms with van der Waals surface area (Å²) in [4.78, 5) is 0. The highest BCUT2D eigenvalue weighted by Crippen LogP contribution is 2.24. The predicted molar refractivity (Wildman–Crippen MR) is 69.5 cm³/mol. The summed E-state index contributed by atoms with van der Waals surface area (Å²) in [6.07, 6.45) is 10.9. The summed E-state index contributed by atoms with van der Waals surface area (Å²) in [6.45, 7) is 0. The molecule has 2 nitrogen and oxygen atoms in total. The second-order valence-electron chi connectivity index (χ2n) is 3.93. The zero-order valence-electron chi connectivity index (χ0n) is 10.2. The van der Waals surface area contributed by atoms with Gasteiger partial charge >= 0.3 is 0 Å². The Morgan fingerprint density at radius 1 is 1.33 bits per heavy atom. The summed E-state index contributed by atoms with van der Waals surface area (Å²) in [5.41, 5.74) is 0.834. The number of rotatable bonds is 4. The molecular weight excluding hydrogens is 231 g/mol. The zero-order valence-corrected chi connectivity index (χ0v) is 10.2. The number of hydrogen-bond acceptors (Lipinski definition) is 2. The summed E-state index contributed by atoms with van der Waals surface area (Å²) in [7, 11) is 1.57. The van der Waals surface area contributed by atoms with Crippen LogP contribution in [0, 0.1) is 5.82 Å². The summed E-state index contributed by atoms with van der Waals surface area (Å²) < 4.78 is 24.0. The number of allylic oxidation sites excluding steroid dienone is 4. The van der Waals surface area contributed by atoms with Crippen LogP contribution in [-0.2, 0) is 4.74 Å². The summed E-state index contributed by atoms with van der Waals surface area (Å²) in [5, 5.41) is 0. The van der Waals surface area contributed by atoms with Gasteiger partial charge in [0.2, 0.25) is 0 Å². The van der Waals surface area contributed by atoms with Crippen LogP contribution in [0.3, 0.4) is 0 Å². The van der Waals surface area contributed by atoms with E-state index in [0.717, 1.165) is 24.2 Å². The average molecular weight is 246 g/mol. The standard InChI is InChI=1S/C15H15FO2/c1-17-10-9-12-7-8-14(16)15(11-12)18-13-5-3-2-4-6-13/h2-3,5,7-11H,4,6H2,1H3/b10-9+. The molecule has 0 spiro atoms. The fourth-order valence-corrected chi connectivity index (χ4v) is 1.66. The van der Waals surface area contributed by atoms with Gasteiger partial charge in [-0.2, -0.15) is 0 Å². The van der Waals surface area contributed by atoms with Crippen molar-refractivity contribution in [1.82, 2.24) is 0 Å². The molecule has 18 heavy (non-hydrogen) atoms. The second kappa shape index (κ2) is 6.05. The van der Waals surface area contributed by atoms with Crippen LogP contribution in [0.1, 0.15) is 18.4 Å². The van der Waals surface area contributed by atoms with Crippen molar-refractivity contribution in [2.24, 2.45) is 0 Å². The molecule has 0 bridgehead atoms. The molecule has 0 N–H and O–H groups in total. The Bertz CT molecular complexity index is 501. The smallest absolute Gasteiger partial charge is 0.165 e. The first-order valence-electron chi connectivity index (χ1n) is 5.82. The Kier molecular flexibility index (Phi) is 4.18. The Balaban J connectivity index is 2.18. The first-order chi connectivity index (χ1) is 8.79. The van der Waals surface area contributed by atoms with Crippen LogP contribution >= 0.6 is 0 Å². The van der Waals surface area contributed by atoms with Gasteiger partial charge in [-0.3, -0.25) is 0 Å². The van der Waals surface area contributed by atoms with Gasteiger partial charge in [-0.05, 0) is 36.3 Å². The molecule has 0 fully saturated rings. The van der Waals surface area contributed by atoms with Gasteiger partial charge in [-0.25, -0.2) is 4.39 Å². The first-order valence-corrected chi connectivity index (χ1v) is 5.82. The zero-order chi connectivity index (χ0) is 12.8. The minimum atomic E-state index is -0.361. The van der Waals surface area contributed by atoms with E-state index < -0.39 is 0 Å². The lowest BCUT2D eigenvalue weighted by atomic mass is 10.1. The highest BCUT2D eigenvalue weighted by atomic mass is 19.1. The highest BCUT2D eigenvalue weighted by molar-refractivity contribution is 5.51. The van der Waals surface area contributed by atoms with Crippen LogP contribution in [0.25, 0.3) is 6.08 Å². The molecule has 2 rings (SSSR count). The maximum absolute atomic E-state index is 13.6. The van der Waals surface area contributed by atoms with Crippen molar-refractivity contribution in [3.63, 3.8) is 0 Å². The van der Waals surface area contributed by atoms with Gasteiger partial charge in [0, 0.05) is 6.42 Å². The maximum Gasteiger partial charge on any atom is 0.165 e. The normalized spacial score (nSPS) is 14.7. The number of ether oxygens (including phenoxy) is 2. The molecule has 0 radical (unpaired) electrons. The molecule has 1 aromatic carbocycles. The molecule has 0 aliphatic heterocycles. The van der Waals surface area contributed by atoms with Gasteiger partial charge in [-0.15, -0.1) is 0 Å². The number of halogens is 1. The van der Waals surface area contributed by atoms with Crippen molar-refractivity contribution >= 4 is 6.08 Å².